The molecule has 39 heavy (non-hydrogen) atoms. The van der Waals surface area contributed by atoms with Gasteiger partial charge in [-0.2, -0.15) is 5.10 Å². The van der Waals surface area contributed by atoms with Gasteiger partial charge in [-0.3, -0.25) is 24.8 Å². The zero-order chi connectivity index (χ0) is 26.2. The number of anilines is 1. The summed E-state index contributed by atoms with van der Waals surface area (Å²) in [5.74, 6) is 0.389. The number of amides is 1. The third-order valence-electron chi connectivity index (χ3n) is 6.34. The number of fused-ring (bicyclic) bond motifs is 2. The van der Waals surface area contributed by atoms with Gasteiger partial charge in [0.25, 0.3) is 5.91 Å². The maximum atomic E-state index is 12.6. The smallest absolute Gasteiger partial charge is 0.255 e. The molecule has 3 N–H and O–H groups in total. The van der Waals surface area contributed by atoms with E-state index in [1.54, 1.807) is 49.3 Å². The van der Waals surface area contributed by atoms with Crippen LogP contribution in [0.3, 0.4) is 0 Å². The molecule has 6 heterocycles. The second-order valence-corrected chi connectivity index (χ2v) is 8.86. The summed E-state index contributed by atoms with van der Waals surface area (Å²) < 4.78 is 0. The van der Waals surface area contributed by atoms with Crippen LogP contribution in [0.1, 0.15) is 10.4 Å². The Hall–Kier alpha value is -5.77. The van der Waals surface area contributed by atoms with E-state index in [1.165, 1.54) is 0 Å². The van der Waals surface area contributed by atoms with E-state index in [0.29, 0.717) is 28.4 Å². The van der Waals surface area contributed by atoms with E-state index in [1.807, 2.05) is 48.5 Å². The Morgan fingerprint density at radius 1 is 0.769 bits per heavy atom. The highest BCUT2D eigenvalue weighted by molar-refractivity contribution is 6.04. The van der Waals surface area contributed by atoms with Crippen LogP contribution in [0.15, 0.2) is 97.8 Å². The molecule has 0 bridgehead atoms. The van der Waals surface area contributed by atoms with Crippen molar-refractivity contribution >= 4 is 33.7 Å². The van der Waals surface area contributed by atoms with Crippen molar-refractivity contribution in [2.45, 2.75) is 0 Å². The standard InChI is InChI=1S/C29H19N9O/c39-29(17-5-2-1-3-6-17)34-21-11-19(14-31-16-21)20-12-22-25(37-38-27(22)33-15-20)28-35-23-8-10-32-24(26(23)36-28)18-7-4-9-30-13-18/h1-16H,(H,34,39)(H,35,36)(H,33,37,38). The number of H-pyrrole nitrogens is 2. The second kappa shape index (κ2) is 9.27. The van der Waals surface area contributed by atoms with Crippen LogP contribution in [0.4, 0.5) is 5.69 Å². The van der Waals surface area contributed by atoms with Crippen LogP contribution >= 0.6 is 0 Å². The van der Waals surface area contributed by atoms with Crippen molar-refractivity contribution in [3.8, 4) is 33.9 Å². The van der Waals surface area contributed by atoms with Crippen LogP contribution in [-0.2, 0) is 0 Å². The minimum atomic E-state index is -0.203. The normalized spacial score (nSPS) is 11.2. The Morgan fingerprint density at radius 3 is 2.51 bits per heavy atom. The SMILES string of the molecule is O=C(Nc1cncc(-c2cnc3[nH]nc(-c4nc5c(-c6cccnc6)nccc5[nH]4)c3c2)c1)c1ccccc1. The molecule has 10 heteroatoms. The summed E-state index contributed by atoms with van der Waals surface area (Å²) in [6.45, 7) is 0. The minimum Gasteiger partial charge on any atom is -0.336 e. The Labute approximate surface area is 221 Å². The molecule has 0 unspecified atom stereocenters. The number of benzene rings is 1. The molecule has 7 rings (SSSR count). The lowest BCUT2D eigenvalue weighted by molar-refractivity contribution is 0.102. The van der Waals surface area contributed by atoms with Gasteiger partial charge in [-0.1, -0.05) is 18.2 Å². The predicted octanol–water partition coefficient (Wildman–Crippen LogP) is 5.27. The Kier molecular flexibility index (Phi) is 5.33. The van der Waals surface area contributed by atoms with Crippen molar-refractivity contribution in [1.29, 1.82) is 0 Å². The fourth-order valence-corrected chi connectivity index (χ4v) is 4.46. The minimum absolute atomic E-state index is 0.203. The van der Waals surface area contributed by atoms with E-state index in [0.717, 1.165) is 38.8 Å². The highest BCUT2D eigenvalue weighted by atomic mass is 16.1. The van der Waals surface area contributed by atoms with Crippen LogP contribution in [-0.4, -0.2) is 46.0 Å². The van der Waals surface area contributed by atoms with Gasteiger partial charge in [0.05, 0.1) is 28.5 Å². The summed E-state index contributed by atoms with van der Waals surface area (Å²) in [6.07, 6.45) is 10.3. The molecule has 0 radical (unpaired) electrons. The van der Waals surface area contributed by atoms with E-state index < -0.39 is 0 Å². The lowest BCUT2D eigenvalue weighted by Gasteiger charge is -2.07. The lowest BCUT2D eigenvalue weighted by atomic mass is 10.1. The van der Waals surface area contributed by atoms with Crippen molar-refractivity contribution in [2.75, 3.05) is 5.32 Å². The number of hydrogen-bond acceptors (Lipinski definition) is 7. The molecular formula is C29H19N9O. The number of nitrogens with one attached hydrogen (secondary N) is 3. The maximum Gasteiger partial charge on any atom is 0.255 e. The molecule has 7 aromatic rings. The zero-order valence-electron chi connectivity index (χ0n) is 20.3. The Bertz CT molecular complexity index is 1960. The van der Waals surface area contributed by atoms with Gasteiger partial charge in [-0.15, -0.1) is 0 Å². The maximum absolute atomic E-state index is 12.6. The van der Waals surface area contributed by atoms with Crippen LogP contribution in [0, 0.1) is 0 Å². The van der Waals surface area contributed by atoms with Crippen LogP contribution < -0.4 is 5.32 Å². The molecule has 0 aliphatic heterocycles. The summed E-state index contributed by atoms with van der Waals surface area (Å²) in [5.41, 5.74) is 7.22. The molecule has 186 valence electrons. The summed E-state index contributed by atoms with van der Waals surface area (Å²) in [4.78, 5) is 38.5. The average Bonchev–Trinajstić information content (AvgIpc) is 3.62. The van der Waals surface area contributed by atoms with Crippen molar-refractivity contribution < 1.29 is 4.79 Å². The second-order valence-electron chi connectivity index (χ2n) is 8.86. The van der Waals surface area contributed by atoms with Crippen LogP contribution in [0.5, 0.6) is 0 Å². The first-order valence-electron chi connectivity index (χ1n) is 12.1. The number of nitrogens with zero attached hydrogens (tertiary/aromatic N) is 6. The molecule has 0 aliphatic carbocycles. The molecular weight excluding hydrogens is 490 g/mol. The highest BCUT2D eigenvalue weighted by Gasteiger charge is 2.17. The van der Waals surface area contributed by atoms with E-state index in [9.17, 15) is 4.79 Å². The fourth-order valence-electron chi connectivity index (χ4n) is 4.46. The van der Waals surface area contributed by atoms with E-state index in [2.05, 4.69) is 40.4 Å². The molecule has 10 nitrogen and oxygen atoms in total. The van der Waals surface area contributed by atoms with Gasteiger partial charge < -0.3 is 10.3 Å². The van der Waals surface area contributed by atoms with Crippen molar-refractivity contribution in [1.82, 2.24) is 40.1 Å². The van der Waals surface area contributed by atoms with Gasteiger partial charge in [0.15, 0.2) is 11.5 Å². The number of imidazole rings is 1. The topological polar surface area (TPSA) is 138 Å². The first-order chi connectivity index (χ1) is 19.2. The zero-order valence-corrected chi connectivity index (χ0v) is 20.3. The van der Waals surface area contributed by atoms with Crippen molar-refractivity contribution in [3.63, 3.8) is 0 Å². The Balaban J connectivity index is 1.25. The summed E-state index contributed by atoms with van der Waals surface area (Å²) in [5, 5.41) is 11.2. The number of pyridine rings is 4. The van der Waals surface area contributed by atoms with Gasteiger partial charge in [0.1, 0.15) is 11.2 Å². The van der Waals surface area contributed by atoms with Gasteiger partial charge in [0.2, 0.25) is 0 Å². The third kappa shape index (κ3) is 4.15. The van der Waals surface area contributed by atoms with E-state index >= 15 is 0 Å². The van der Waals surface area contributed by atoms with Crippen molar-refractivity contribution in [3.05, 3.63) is 103 Å². The van der Waals surface area contributed by atoms with E-state index in [4.69, 9.17) is 4.98 Å². The van der Waals surface area contributed by atoms with Crippen LogP contribution in [0.2, 0.25) is 0 Å². The molecule has 0 fully saturated rings. The molecule has 1 aromatic carbocycles. The quantitative estimate of drug-likeness (QED) is 0.287. The van der Waals surface area contributed by atoms with Gasteiger partial charge in [0, 0.05) is 53.2 Å². The fraction of sp³-hybridized carbons (Fsp3) is 0. The summed E-state index contributed by atoms with van der Waals surface area (Å²) in [7, 11) is 0. The number of aromatic amines is 2. The molecule has 0 saturated heterocycles. The summed E-state index contributed by atoms with van der Waals surface area (Å²) in [6, 6.07) is 18.6. The van der Waals surface area contributed by atoms with Gasteiger partial charge >= 0.3 is 0 Å². The number of carbonyl (C=O) groups excluding carboxylic acids is 1. The first kappa shape index (κ1) is 22.4. The van der Waals surface area contributed by atoms with Crippen LogP contribution in [0.25, 0.3) is 56.0 Å². The molecule has 0 aliphatic rings. The Morgan fingerprint density at radius 2 is 1.64 bits per heavy atom. The number of hydrogen-bond donors (Lipinski definition) is 3. The number of aromatic nitrogens is 8. The van der Waals surface area contributed by atoms with Gasteiger partial charge in [-0.05, 0) is 42.5 Å². The molecule has 0 saturated carbocycles. The number of rotatable bonds is 5. The molecule has 0 spiro atoms. The lowest BCUT2D eigenvalue weighted by Crippen LogP contribution is -2.11. The average molecular weight is 510 g/mol. The molecule has 1 amide bonds. The molecule has 0 atom stereocenters. The van der Waals surface area contributed by atoms with Crippen molar-refractivity contribution in [2.24, 2.45) is 0 Å². The largest absolute Gasteiger partial charge is 0.336 e. The number of carbonyl (C=O) groups is 1. The first-order valence-corrected chi connectivity index (χ1v) is 12.1. The third-order valence-corrected chi connectivity index (χ3v) is 6.34. The highest BCUT2D eigenvalue weighted by Crippen LogP contribution is 2.31. The summed E-state index contributed by atoms with van der Waals surface area (Å²) >= 11 is 0. The van der Waals surface area contributed by atoms with Gasteiger partial charge in [-0.25, -0.2) is 9.97 Å². The monoisotopic (exact) mass is 509 g/mol. The van der Waals surface area contributed by atoms with E-state index in [-0.39, 0.29) is 5.91 Å². The molecule has 6 aromatic heterocycles. The predicted molar refractivity (Wildman–Crippen MR) is 148 cm³/mol.